The molecule has 2 aromatic rings. The highest BCUT2D eigenvalue weighted by molar-refractivity contribution is 5.94. The Labute approximate surface area is 125 Å². The summed E-state index contributed by atoms with van der Waals surface area (Å²) in [4.78, 5) is 16.2. The smallest absolute Gasteiger partial charge is 0.251 e. The first-order valence-corrected chi connectivity index (χ1v) is 7.07. The van der Waals surface area contributed by atoms with Crippen LogP contribution in [0.3, 0.4) is 0 Å². The van der Waals surface area contributed by atoms with E-state index < -0.39 is 0 Å². The van der Waals surface area contributed by atoms with Crippen molar-refractivity contribution in [1.29, 1.82) is 0 Å². The van der Waals surface area contributed by atoms with Gasteiger partial charge in [-0.1, -0.05) is 38.1 Å². The molecule has 0 radical (unpaired) electrons. The van der Waals surface area contributed by atoms with Crippen molar-refractivity contribution in [2.45, 2.75) is 33.2 Å². The number of aryl methyl sites for hydroxylation is 1. The number of rotatable bonds is 4. The van der Waals surface area contributed by atoms with Gasteiger partial charge in [0.25, 0.3) is 5.91 Å². The van der Waals surface area contributed by atoms with E-state index in [1.54, 1.807) is 12.1 Å². The van der Waals surface area contributed by atoms with Gasteiger partial charge in [0.15, 0.2) is 0 Å². The molecule has 4 heteroatoms. The average Bonchev–Trinajstić information content (AvgIpc) is 2.44. The first-order valence-electron chi connectivity index (χ1n) is 7.07. The monoisotopic (exact) mass is 283 g/mol. The zero-order chi connectivity index (χ0) is 15.4. The van der Waals surface area contributed by atoms with Crippen molar-refractivity contribution in [1.82, 2.24) is 10.3 Å². The third-order valence-electron chi connectivity index (χ3n) is 3.33. The average molecular weight is 283 g/mol. The maximum absolute atomic E-state index is 12.1. The number of carbonyl (C=O) groups excluding carboxylic acids is 1. The molecular formula is C17H21N3O. The van der Waals surface area contributed by atoms with Crippen molar-refractivity contribution in [3.8, 4) is 0 Å². The summed E-state index contributed by atoms with van der Waals surface area (Å²) in [7, 11) is 0. The van der Waals surface area contributed by atoms with Gasteiger partial charge in [-0.25, -0.2) is 4.98 Å². The molecule has 1 heterocycles. The highest BCUT2D eigenvalue weighted by Gasteiger charge is 2.07. The molecule has 0 fully saturated rings. The highest BCUT2D eigenvalue weighted by Crippen LogP contribution is 2.14. The molecule has 110 valence electrons. The fraction of sp³-hybridized carbons (Fsp3) is 0.294. The standard InChI is InChI=1S/C17H21N3O/c1-11(2)14-6-4-13(5-7-14)10-19-17(21)15-8-12(3)20-16(18)9-15/h4-9,11H,10H2,1-3H3,(H2,18,20)(H,19,21). The Morgan fingerprint density at radius 2 is 1.90 bits per heavy atom. The SMILES string of the molecule is Cc1cc(C(=O)NCc2ccc(C(C)C)cc2)cc(N)n1. The van der Waals surface area contributed by atoms with Gasteiger partial charge in [-0.15, -0.1) is 0 Å². The predicted molar refractivity (Wildman–Crippen MR) is 85.1 cm³/mol. The van der Waals surface area contributed by atoms with E-state index in [1.807, 2.05) is 19.1 Å². The molecule has 0 aliphatic heterocycles. The summed E-state index contributed by atoms with van der Waals surface area (Å²) < 4.78 is 0. The molecule has 4 nitrogen and oxygen atoms in total. The number of aromatic nitrogens is 1. The van der Waals surface area contributed by atoms with Crippen LogP contribution in [0.4, 0.5) is 5.82 Å². The zero-order valence-electron chi connectivity index (χ0n) is 12.7. The molecule has 1 amide bonds. The minimum Gasteiger partial charge on any atom is -0.384 e. The Balaban J connectivity index is 2.00. The molecule has 0 atom stereocenters. The van der Waals surface area contributed by atoms with E-state index in [2.05, 4.69) is 36.3 Å². The first kappa shape index (κ1) is 15.0. The lowest BCUT2D eigenvalue weighted by Crippen LogP contribution is -2.23. The second-order valence-corrected chi connectivity index (χ2v) is 5.50. The molecule has 21 heavy (non-hydrogen) atoms. The number of nitrogens with zero attached hydrogens (tertiary/aromatic N) is 1. The zero-order valence-corrected chi connectivity index (χ0v) is 12.7. The minimum atomic E-state index is -0.139. The van der Waals surface area contributed by atoms with Crippen molar-refractivity contribution < 1.29 is 4.79 Å². The Morgan fingerprint density at radius 1 is 1.24 bits per heavy atom. The molecular weight excluding hydrogens is 262 g/mol. The van der Waals surface area contributed by atoms with Gasteiger partial charge in [0, 0.05) is 17.8 Å². The van der Waals surface area contributed by atoms with Crippen LogP contribution in [0.1, 0.15) is 46.9 Å². The number of hydrogen-bond acceptors (Lipinski definition) is 3. The molecule has 0 aliphatic rings. The fourth-order valence-corrected chi connectivity index (χ4v) is 2.13. The van der Waals surface area contributed by atoms with Crippen LogP contribution in [0.2, 0.25) is 0 Å². The molecule has 2 rings (SSSR count). The molecule has 0 bridgehead atoms. The number of nitrogens with one attached hydrogen (secondary N) is 1. The summed E-state index contributed by atoms with van der Waals surface area (Å²) in [6.07, 6.45) is 0. The Hall–Kier alpha value is -2.36. The van der Waals surface area contributed by atoms with Crippen molar-refractivity contribution >= 4 is 11.7 Å². The van der Waals surface area contributed by atoms with Crippen LogP contribution in [-0.2, 0) is 6.54 Å². The lowest BCUT2D eigenvalue weighted by Gasteiger charge is -2.09. The second kappa shape index (κ2) is 6.39. The topological polar surface area (TPSA) is 68.0 Å². The lowest BCUT2D eigenvalue weighted by atomic mass is 10.0. The van der Waals surface area contributed by atoms with Crippen LogP contribution >= 0.6 is 0 Å². The van der Waals surface area contributed by atoms with Crippen LogP contribution in [0.5, 0.6) is 0 Å². The normalized spacial score (nSPS) is 10.7. The van der Waals surface area contributed by atoms with Crippen LogP contribution < -0.4 is 11.1 Å². The van der Waals surface area contributed by atoms with E-state index in [0.717, 1.165) is 11.3 Å². The van der Waals surface area contributed by atoms with Crippen molar-refractivity contribution in [3.05, 3.63) is 58.8 Å². The van der Waals surface area contributed by atoms with E-state index >= 15 is 0 Å². The third-order valence-corrected chi connectivity index (χ3v) is 3.33. The van der Waals surface area contributed by atoms with E-state index in [0.29, 0.717) is 23.8 Å². The number of amides is 1. The summed E-state index contributed by atoms with van der Waals surface area (Å²) in [6, 6.07) is 11.6. The highest BCUT2D eigenvalue weighted by atomic mass is 16.1. The van der Waals surface area contributed by atoms with Crippen molar-refractivity contribution in [2.24, 2.45) is 0 Å². The van der Waals surface area contributed by atoms with Crippen LogP contribution in [0.25, 0.3) is 0 Å². The minimum absolute atomic E-state index is 0.139. The molecule has 0 aliphatic carbocycles. The van der Waals surface area contributed by atoms with E-state index in [-0.39, 0.29) is 5.91 Å². The van der Waals surface area contributed by atoms with Crippen LogP contribution in [0.15, 0.2) is 36.4 Å². The van der Waals surface area contributed by atoms with Crippen molar-refractivity contribution in [2.75, 3.05) is 5.73 Å². The molecule has 1 aromatic heterocycles. The Kier molecular flexibility index (Phi) is 4.58. The predicted octanol–water partition coefficient (Wildman–Crippen LogP) is 3.03. The number of hydrogen-bond donors (Lipinski definition) is 2. The van der Waals surface area contributed by atoms with E-state index in [1.165, 1.54) is 5.56 Å². The fourth-order valence-electron chi connectivity index (χ4n) is 2.13. The quantitative estimate of drug-likeness (QED) is 0.906. The number of nitrogen functional groups attached to an aromatic ring is 1. The Bertz CT molecular complexity index is 613. The van der Waals surface area contributed by atoms with Crippen LogP contribution in [0, 0.1) is 6.92 Å². The van der Waals surface area contributed by atoms with Gasteiger partial charge in [0.1, 0.15) is 5.82 Å². The van der Waals surface area contributed by atoms with E-state index in [9.17, 15) is 4.79 Å². The molecule has 0 saturated carbocycles. The van der Waals surface area contributed by atoms with Crippen molar-refractivity contribution in [3.63, 3.8) is 0 Å². The Morgan fingerprint density at radius 3 is 2.48 bits per heavy atom. The molecule has 0 saturated heterocycles. The van der Waals surface area contributed by atoms with Gasteiger partial charge in [-0.05, 0) is 36.1 Å². The molecule has 3 N–H and O–H groups in total. The first-order chi connectivity index (χ1) is 9.95. The van der Waals surface area contributed by atoms with Gasteiger partial charge in [0.2, 0.25) is 0 Å². The van der Waals surface area contributed by atoms with Gasteiger partial charge >= 0.3 is 0 Å². The summed E-state index contributed by atoms with van der Waals surface area (Å²) in [5, 5.41) is 2.90. The van der Waals surface area contributed by atoms with Gasteiger partial charge < -0.3 is 11.1 Å². The maximum atomic E-state index is 12.1. The summed E-state index contributed by atoms with van der Waals surface area (Å²) in [5.74, 6) is 0.734. The largest absolute Gasteiger partial charge is 0.384 e. The van der Waals surface area contributed by atoms with Gasteiger partial charge in [0.05, 0.1) is 0 Å². The number of pyridine rings is 1. The van der Waals surface area contributed by atoms with E-state index in [4.69, 9.17) is 5.73 Å². The third kappa shape index (κ3) is 4.05. The summed E-state index contributed by atoms with van der Waals surface area (Å²) in [5.41, 5.74) is 9.31. The molecule has 1 aromatic carbocycles. The number of nitrogens with two attached hydrogens (primary N) is 1. The number of benzene rings is 1. The van der Waals surface area contributed by atoms with Crippen LogP contribution in [-0.4, -0.2) is 10.9 Å². The lowest BCUT2D eigenvalue weighted by molar-refractivity contribution is 0.0950. The summed E-state index contributed by atoms with van der Waals surface area (Å²) in [6.45, 7) is 6.64. The number of anilines is 1. The van der Waals surface area contributed by atoms with Gasteiger partial charge in [-0.3, -0.25) is 4.79 Å². The summed E-state index contributed by atoms with van der Waals surface area (Å²) >= 11 is 0. The second-order valence-electron chi connectivity index (χ2n) is 5.50. The maximum Gasteiger partial charge on any atom is 0.251 e. The molecule has 0 unspecified atom stereocenters. The van der Waals surface area contributed by atoms with Gasteiger partial charge in [-0.2, -0.15) is 0 Å². The number of carbonyl (C=O) groups is 1. The molecule has 0 spiro atoms.